The van der Waals surface area contributed by atoms with Gasteiger partial charge in [-0.1, -0.05) is 24.3 Å². The zero-order valence-corrected chi connectivity index (χ0v) is 14.6. The first-order valence-electron chi connectivity index (χ1n) is 8.17. The van der Waals surface area contributed by atoms with Gasteiger partial charge in [0.25, 0.3) is 5.92 Å². The molecule has 2 amide bonds. The molecule has 1 aromatic rings. The number of carbonyl (C=O) groups is 2. The summed E-state index contributed by atoms with van der Waals surface area (Å²) >= 11 is 0. The largest absolute Gasteiger partial charge is 0.351 e. The van der Waals surface area contributed by atoms with Crippen LogP contribution in [0.4, 0.5) is 8.78 Å². The molecule has 2 fully saturated rings. The minimum atomic E-state index is -2.81. The summed E-state index contributed by atoms with van der Waals surface area (Å²) in [5.41, 5.74) is 1.93. The lowest BCUT2D eigenvalue weighted by Gasteiger charge is -2.16. The summed E-state index contributed by atoms with van der Waals surface area (Å²) < 4.78 is 26.2. The van der Waals surface area contributed by atoms with Crippen LogP contribution in [0.2, 0.25) is 0 Å². The van der Waals surface area contributed by atoms with Crippen molar-refractivity contribution < 1.29 is 18.4 Å². The number of benzene rings is 1. The lowest BCUT2D eigenvalue weighted by molar-refractivity contribution is -0.128. The van der Waals surface area contributed by atoms with E-state index in [0.717, 1.165) is 24.1 Å². The Labute approximate surface area is 151 Å². The molecule has 0 radical (unpaired) electrons. The topological polar surface area (TPSA) is 61.4 Å². The predicted octanol–water partition coefficient (Wildman–Crippen LogP) is 1.84. The number of nitrogens with zero attached hydrogens (tertiary/aromatic N) is 1. The van der Waals surface area contributed by atoms with Crippen molar-refractivity contribution in [3.63, 3.8) is 0 Å². The number of likely N-dealkylation sites (tertiary alicyclic amines) is 1. The van der Waals surface area contributed by atoms with E-state index in [9.17, 15) is 18.4 Å². The van der Waals surface area contributed by atoms with Crippen LogP contribution in [-0.4, -0.2) is 41.8 Å². The monoisotopic (exact) mass is 373 g/mol. The molecule has 138 valence electrons. The second-order valence-corrected chi connectivity index (χ2v) is 6.45. The minimum Gasteiger partial charge on any atom is -0.351 e. The molecule has 0 aliphatic carbocycles. The quantitative estimate of drug-likeness (QED) is 0.828. The molecule has 2 saturated heterocycles. The molecule has 2 N–H and O–H groups in total. The summed E-state index contributed by atoms with van der Waals surface area (Å²) in [5, 5.41) is 5.22. The molecule has 2 aliphatic rings. The van der Waals surface area contributed by atoms with E-state index in [1.807, 2.05) is 29.2 Å². The fraction of sp³-hybridized carbons (Fsp3) is 0.529. The molecule has 0 aromatic heterocycles. The van der Waals surface area contributed by atoms with Gasteiger partial charge in [-0.05, 0) is 17.5 Å². The van der Waals surface area contributed by atoms with Crippen LogP contribution in [0, 0.1) is 0 Å². The van der Waals surface area contributed by atoms with Crippen LogP contribution in [0.25, 0.3) is 0 Å². The van der Waals surface area contributed by atoms with E-state index in [2.05, 4.69) is 10.6 Å². The number of rotatable bonds is 5. The number of halogens is 3. The van der Waals surface area contributed by atoms with Gasteiger partial charge in [0, 0.05) is 32.5 Å². The van der Waals surface area contributed by atoms with Gasteiger partial charge in [-0.2, -0.15) is 0 Å². The SMILES string of the molecule is Cl.O=C(NCc1ccc(CN2CCCC2=O)cc1)C1CC(F)(F)CN1. The minimum absolute atomic E-state index is 0. The summed E-state index contributed by atoms with van der Waals surface area (Å²) in [7, 11) is 0. The van der Waals surface area contributed by atoms with Crippen LogP contribution in [0.3, 0.4) is 0 Å². The summed E-state index contributed by atoms with van der Waals surface area (Å²) in [5.74, 6) is -3.03. The van der Waals surface area contributed by atoms with Crippen LogP contribution >= 0.6 is 12.4 Å². The maximum Gasteiger partial charge on any atom is 0.262 e. The van der Waals surface area contributed by atoms with Gasteiger partial charge < -0.3 is 10.2 Å². The Balaban J connectivity index is 0.00000225. The first kappa shape index (κ1) is 19.6. The molecule has 5 nitrogen and oxygen atoms in total. The van der Waals surface area contributed by atoms with E-state index in [1.54, 1.807) is 0 Å². The van der Waals surface area contributed by atoms with Crippen molar-refractivity contribution >= 4 is 24.2 Å². The third-order valence-electron chi connectivity index (χ3n) is 4.46. The third kappa shape index (κ3) is 5.12. The maximum atomic E-state index is 13.1. The molecule has 2 aliphatic heterocycles. The molecule has 0 spiro atoms. The fourth-order valence-electron chi connectivity index (χ4n) is 3.07. The van der Waals surface area contributed by atoms with Gasteiger partial charge in [0.15, 0.2) is 0 Å². The highest BCUT2D eigenvalue weighted by atomic mass is 35.5. The van der Waals surface area contributed by atoms with Crippen molar-refractivity contribution in [2.75, 3.05) is 13.1 Å². The lowest BCUT2D eigenvalue weighted by atomic mass is 10.1. The van der Waals surface area contributed by atoms with Crippen molar-refractivity contribution in [2.24, 2.45) is 0 Å². The second-order valence-electron chi connectivity index (χ2n) is 6.45. The Kier molecular flexibility index (Phi) is 6.35. The van der Waals surface area contributed by atoms with E-state index in [-0.39, 0.29) is 18.3 Å². The van der Waals surface area contributed by atoms with E-state index in [1.165, 1.54) is 0 Å². The van der Waals surface area contributed by atoms with Gasteiger partial charge in [-0.25, -0.2) is 8.78 Å². The number of carbonyl (C=O) groups excluding carboxylic acids is 2. The predicted molar refractivity (Wildman–Crippen MR) is 91.5 cm³/mol. The summed E-state index contributed by atoms with van der Waals surface area (Å²) in [6.45, 7) is 1.25. The average molecular weight is 374 g/mol. The molecular weight excluding hydrogens is 352 g/mol. The molecule has 1 unspecified atom stereocenters. The van der Waals surface area contributed by atoms with Crippen molar-refractivity contribution in [2.45, 2.75) is 44.3 Å². The first-order valence-corrected chi connectivity index (χ1v) is 8.17. The van der Waals surface area contributed by atoms with Crippen molar-refractivity contribution in [3.8, 4) is 0 Å². The van der Waals surface area contributed by atoms with Crippen molar-refractivity contribution in [1.29, 1.82) is 0 Å². The average Bonchev–Trinajstić information content (AvgIpc) is 3.12. The number of nitrogens with one attached hydrogen (secondary N) is 2. The highest BCUT2D eigenvalue weighted by molar-refractivity contribution is 5.85. The lowest BCUT2D eigenvalue weighted by Crippen LogP contribution is -2.40. The van der Waals surface area contributed by atoms with Gasteiger partial charge >= 0.3 is 0 Å². The Bertz CT molecular complexity index is 625. The maximum absolute atomic E-state index is 13.1. The molecule has 1 aromatic carbocycles. The first-order chi connectivity index (χ1) is 11.4. The molecular formula is C17H22ClF2N3O2. The van der Waals surface area contributed by atoms with Crippen LogP contribution in [0.15, 0.2) is 24.3 Å². The Morgan fingerprint density at radius 3 is 2.52 bits per heavy atom. The van der Waals surface area contributed by atoms with E-state index in [0.29, 0.717) is 19.5 Å². The molecule has 2 heterocycles. The van der Waals surface area contributed by atoms with E-state index in [4.69, 9.17) is 0 Å². The van der Waals surface area contributed by atoms with Gasteiger partial charge in [0.2, 0.25) is 11.8 Å². The molecule has 25 heavy (non-hydrogen) atoms. The van der Waals surface area contributed by atoms with Crippen LogP contribution in [0.1, 0.15) is 30.4 Å². The zero-order valence-electron chi connectivity index (χ0n) is 13.8. The van der Waals surface area contributed by atoms with E-state index >= 15 is 0 Å². The summed E-state index contributed by atoms with van der Waals surface area (Å²) in [4.78, 5) is 25.3. The van der Waals surface area contributed by atoms with Gasteiger partial charge in [-0.15, -0.1) is 12.4 Å². The highest BCUT2D eigenvalue weighted by Crippen LogP contribution is 2.25. The zero-order chi connectivity index (χ0) is 17.2. The van der Waals surface area contributed by atoms with Gasteiger partial charge in [0.05, 0.1) is 12.6 Å². The normalized spacial score (nSPS) is 21.9. The summed E-state index contributed by atoms with van der Waals surface area (Å²) in [6.07, 6.45) is 1.08. The highest BCUT2D eigenvalue weighted by Gasteiger charge is 2.42. The molecule has 3 rings (SSSR count). The number of hydrogen-bond acceptors (Lipinski definition) is 3. The molecule has 0 saturated carbocycles. The Morgan fingerprint density at radius 1 is 1.28 bits per heavy atom. The Hall–Kier alpha value is -1.73. The number of alkyl halides is 2. The van der Waals surface area contributed by atoms with Crippen molar-refractivity contribution in [1.82, 2.24) is 15.5 Å². The van der Waals surface area contributed by atoms with Gasteiger partial charge in [0.1, 0.15) is 0 Å². The smallest absolute Gasteiger partial charge is 0.262 e. The third-order valence-corrected chi connectivity index (χ3v) is 4.46. The van der Waals surface area contributed by atoms with Gasteiger partial charge in [-0.3, -0.25) is 14.9 Å². The molecule has 0 bridgehead atoms. The van der Waals surface area contributed by atoms with Crippen LogP contribution in [0.5, 0.6) is 0 Å². The van der Waals surface area contributed by atoms with Crippen molar-refractivity contribution in [3.05, 3.63) is 35.4 Å². The van der Waals surface area contributed by atoms with Crippen LogP contribution < -0.4 is 10.6 Å². The summed E-state index contributed by atoms with van der Waals surface area (Å²) in [6, 6.07) is 6.78. The van der Waals surface area contributed by atoms with E-state index < -0.39 is 30.8 Å². The van der Waals surface area contributed by atoms with Crippen LogP contribution in [-0.2, 0) is 22.7 Å². The Morgan fingerprint density at radius 2 is 1.96 bits per heavy atom. The number of hydrogen-bond donors (Lipinski definition) is 2. The molecule has 8 heteroatoms. The molecule has 1 atom stereocenters. The fourth-order valence-corrected chi connectivity index (χ4v) is 3.07. The second kappa shape index (κ2) is 8.10. The standard InChI is InChI=1S/C17H21F2N3O2.ClH/c18-17(19)8-14(21-11-17)16(24)20-9-12-3-5-13(6-4-12)10-22-7-1-2-15(22)23;/h3-6,14,21H,1-2,7-11H2,(H,20,24);1H. The number of amides is 2.